The van der Waals surface area contributed by atoms with Crippen molar-refractivity contribution in [3.63, 3.8) is 0 Å². The Kier molecular flexibility index (Phi) is 6.56. The van der Waals surface area contributed by atoms with E-state index in [1.54, 1.807) is 49.7 Å². The van der Waals surface area contributed by atoms with Crippen LogP contribution in [-0.2, 0) is 20.7 Å². The first-order valence-electron chi connectivity index (χ1n) is 9.04. The third kappa shape index (κ3) is 5.61. The van der Waals surface area contributed by atoms with E-state index in [0.717, 1.165) is 15.2 Å². The van der Waals surface area contributed by atoms with Crippen molar-refractivity contribution in [2.45, 2.75) is 12.8 Å². The molecule has 2 amide bonds. The fourth-order valence-electron chi connectivity index (χ4n) is 2.61. The third-order valence-electron chi connectivity index (χ3n) is 4.07. The van der Waals surface area contributed by atoms with Crippen LogP contribution in [0.4, 0.5) is 5.69 Å². The Morgan fingerprint density at radius 2 is 1.79 bits per heavy atom. The number of carbonyl (C=O) groups is 3. The summed E-state index contributed by atoms with van der Waals surface area (Å²) >= 11 is 1.55. The van der Waals surface area contributed by atoms with Crippen molar-refractivity contribution >= 4 is 45.0 Å². The molecule has 2 aromatic carbocycles. The average molecular weight is 411 g/mol. The molecular weight excluding hydrogens is 390 g/mol. The molecule has 0 saturated heterocycles. The van der Waals surface area contributed by atoms with Crippen LogP contribution in [0.15, 0.2) is 48.5 Å². The summed E-state index contributed by atoms with van der Waals surface area (Å²) in [5.74, 6) is -1.01. The van der Waals surface area contributed by atoms with E-state index in [1.165, 1.54) is 4.90 Å². The summed E-state index contributed by atoms with van der Waals surface area (Å²) in [6.07, 6.45) is 0.635. The molecule has 8 heteroatoms. The van der Waals surface area contributed by atoms with E-state index < -0.39 is 11.9 Å². The number of nitrogens with zero attached hydrogens (tertiary/aromatic N) is 2. The fraction of sp³-hybridized carbons (Fsp3) is 0.238. The molecule has 0 aliphatic heterocycles. The molecule has 3 aromatic rings. The maximum absolute atomic E-state index is 12.0. The maximum Gasteiger partial charge on any atom is 0.306 e. The smallest absolute Gasteiger partial charge is 0.306 e. The number of benzene rings is 2. The van der Waals surface area contributed by atoms with E-state index >= 15 is 0 Å². The fourth-order valence-corrected chi connectivity index (χ4v) is 3.57. The minimum Gasteiger partial charge on any atom is -0.456 e. The largest absolute Gasteiger partial charge is 0.456 e. The van der Waals surface area contributed by atoms with Crippen molar-refractivity contribution in [3.05, 3.63) is 59.1 Å². The van der Waals surface area contributed by atoms with Crippen LogP contribution in [0.2, 0.25) is 0 Å². The Labute approximate surface area is 172 Å². The van der Waals surface area contributed by atoms with Gasteiger partial charge in [0, 0.05) is 31.8 Å². The lowest BCUT2D eigenvalue weighted by Crippen LogP contribution is -2.22. The van der Waals surface area contributed by atoms with Gasteiger partial charge < -0.3 is 15.0 Å². The highest BCUT2D eigenvalue weighted by Gasteiger charge is 2.11. The Morgan fingerprint density at radius 1 is 1.07 bits per heavy atom. The first-order chi connectivity index (χ1) is 13.9. The third-order valence-corrected chi connectivity index (χ3v) is 5.16. The SMILES string of the molecule is CN(C)C(=O)c1ccc(NC(=O)COC(=O)CCc2nc3ccccc3s2)cc1. The maximum atomic E-state index is 12.0. The molecule has 1 N–H and O–H groups in total. The number of nitrogens with one attached hydrogen (secondary N) is 1. The minimum atomic E-state index is -0.452. The van der Waals surface area contributed by atoms with Crippen LogP contribution in [0.5, 0.6) is 0 Å². The van der Waals surface area contributed by atoms with Gasteiger partial charge in [0.25, 0.3) is 11.8 Å². The molecular formula is C21H21N3O4S. The molecule has 0 saturated carbocycles. The lowest BCUT2D eigenvalue weighted by atomic mass is 10.2. The Bertz CT molecular complexity index is 995. The van der Waals surface area contributed by atoms with Crippen LogP contribution in [0, 0.1) is 0 Å². The quantitative estimate of drug-likeness (QED) is 0.604. The summed E-state index contributed by atoms with van der Waals surface area (Å²) in [6, 6.07) is 14.3. The van der Waals surface area contributed by atoms with E-state index in [-0.39, 0.29) is 18.9 Å². The van der Waals surface area contributed by atoms with Gasteiger partial charge in [-0.25, -0.2) is 4.98 Å². The van der Waals surface area contributed by atoms with Gasteiger partial charge in [0.1, 0.15) is 0 Å². The minimum absolute atomic E-state index is 0.120. The molecule has 7 nitrogen and oxygen atoms in total. The number of ether oxygens (including phenoxy) is 1. The first kappa shape index (κ1) is 20.5. The van der Waals surface area contributed by atoms with Crippen LogP contribution in [-0.4, -0.2) is 48.4 Å². The molecule has 0 radical (unpaired) electrons. The number of anilines is 1. The Hall–Kier alpha value is -3.26. The predicted molar refractivity (Wildman–Crippen MR) is 112 cm³/mol. The van der Waals surface area contributed by atoms with Gasteiger partial charge in [0.05, 0.1) is 21.6 Å². The zero-order chi connectivity index (χ0) is 20.8. The number of thiazole rings is 1. The highest BCUT2D eigenvalue weighted by Crippen LogP contribution is 2.22. The van der Waals surface area contributed by atoms with E-state index in [2.05, 4.69) is 10.3 Å². The normalized spacial score (nSPS) is 10.6. The summed E-state index contributed by atoms with van der Waals surface area (Å²) in [7, 11) is 3.34. The predicted octanol–water partition coefficient (Wildman–Crippen LogP) is 3.11. The number of aryl methyl sites for hydroxylation is 1. The molecule has 1 aromatic heterocycles. The van der Waals surface area contributed by atoms with Gasteiger partial charge in [-0.3, -0.25) is 14.4 Å². The van der Waals surface area contributed by atoms with Gasteiger partial charge in [-0.15, -0.1) is 11.3 Å². The molecule has 1 heterocycles. The lowest BCUT2D eigenvalue weighted by Gasteiger charge is -2.11. The second-order valence-corrected chi connectivity index (χ2v) is 7.68. The Morgan fingerprint density at radius 3 is 2.48 bits per heavy atom. The van der Waals surface area contributed by atoms with Gasteiger partial charge in [0.15, 0.2) is 6.61 Å². The number of hydrogen-bond donors (Lipinski definition) is 1. The molecule has 0 spiro atoms. The molecule has 150 valence electrons. The van der Waals surface area contributed by atoms with Gasteiger partial charge in [-0.2, -0.15) is 0 Å². The highest BCUT2D eigenvalue weighted by molar-refractivity contribution is 7.18. The summed E-state index contributed by atoms with van der Waals surface area (Å²) in [5, 5.41) is 3.49. The zero-order valence-electron chi connectivity index (χ0n) is 16.2. The monoisotopic (exact) mass is 411 g/mol. The molecule has 0 aliphatic carbocycles. The van der Waals surface area contributed by atoms with Crippen LogP contribution >= 0.6 is 11.3 Å². The lowest BCUT2D eigenvalue weighted by molar-refractivity contribution is -0.147. The van der Waals surface area contributed by atoms with E-state index in [9.17, 15) is 14.4 Å². The van der Waals surface area contributed by atoms with Gasteiger partial charge in [-0.1, -0.05) is 12.1 Å². The van der Waals surface area contributed by atoms with Crippen molar-refractivity contribution in [1.29, 1.82) is 0 Å². The first-order valence-corrected chi connectivity index (χ1v) is 9.85. The second kappa shape index (κ2) is 9.29. The standard InChI is InChI=1S/C21H21N3O4S/c1-24(2)21(27)14-7-9-15(10-8-14)22-18(25)13-28-20(26)12-11-19-23-16-5-3-4-6-17(16)29-19/h3-10H,11-13H2,1-2H3,(H,22,25). The molecule has 0 aliphatic rings. The van der Waals surface area contributed by atoms with Crippen molar-refractivity contribution < 1.29 is 19.1 Å². The summed E-state index contributed by atoms with van der Waals surface area (Å²) in [5.41, 5.74) is 1.96. The van der Waals surface area contributed by atoms with Crippen molar-refractivity contribution in [1.82, 2.24) is 9.88 Å². The van der Waals surface area contributed by atoms with Gasteiger partial charge in [-0.05, 0) is 36.4 Å². The molecule has 3 rings (SSSR count). The van der Waals surface area contributed by atoms with Crippen LogP contribution in [0.25, 0.3) is 10.2 Å². The number of para-hydroxylation sites is 1. The molecule has 29 heavy (non-hydrogen) atoms. The molecule has 0 bridgehead atoms. The summed E-state index contributed by atoms with van der Waals surface area (Å²) in [6.45, 7) is -0.364. The average Bonchev–Trinajstić information content (AvgIpc) is 3.13. The zero-order valence-corrected chi connectivity index (χ0v) is 17.0. The van der Waals surface area contributed by atoms with Crippen LogP contribution in [0.1, 0.15) is 21.8 Å². The molecule has 0 unspecified atom stereocenters. The number of hydrogen-bond acceptors (Lipinski definition) is 6. The van der Waals surface area contributed by atoms with Gasteiger partial charge >= 0.3 is 5.97 Å². The van der Waals surface area contributed by atoms with Crippen molar-refractivity contribution in [3.8, 4) is 0 Å². The number of amides is 2. The van der Waals surface area contributed by atoms with E-state index in [4.69, 9.17) is 4.74 Å². The van der Waals surface area contributed by atoms with E-state index in [0.29, 0.717) is 17.7 Å². The number of rotatable bonds is 7. The van der Waals surface area contributed by atoms with E-state index in [1.807, 2.05) is 24.3 Å². The van der Waals surface area contributed by atoms with Crippen molar-refractivity contribution in [2.24, 2.45) is 0 Å². The highest BCUT2D eigenvalue weighted by atomic mass is 32.1. The molecule has 0 atom stereocenters. The van der Waals surface area contributed by atoms with Crippen LogP contribution < -0.4 is 5.32 Å². The Balaban J connectivity index is 1.42. The topological polar surface area (TPSA) is 88.6 Å². The number of fused-ring (bicyclic) bond motifs is 1. The van der Waals surface area contributed by atoms with Gasteiger partial charge in [0.2, 0.25) is 0 Å². The molecule has 0 fully saturated rings. The number of aromatic nitrogens is 1. The van der Waals surface area contributed by atoms with Crippen molar-refractivity contribution in [2.75, 3.05) is 26.0 Å². The number of carbonyl (C=O) groups excluding carboxylic acids is 3. The summed E-state index contributed by atoms with van der Waals surface area (Å²) < 4.78 is 6.11. The second-order valence-electron chi connectivity index (χ2n) is 6.56. The summed E-state index contributed by atoms with van der Waals surface area (Å²) in [4.78, 5) is 41.7. The van der Waals surface area contributed by atoms with Crippen LogP contribution in [0.3, 0.4) is 0 Å². The number of esters is 1.